The number of hydrogen-bond donors (Lipinski definition) is 1. The number of amides is 1. The van der Waals surface area contributed by atoms with Crippen LogP contribution in [0.15, 0.2) is 47.0 Å². The number of benzene rings is 1. The number of carbonyl (C=O) groups excluding carboxylic acids is 1. The molecule has 0 radical (unpaired) electrons. The van der Waals surface area contributed by atoms with Crippen LogP contribution in [0.4, 0.5) is 0 Å². The number of rotatable bonds is 7. The average molecular weight is 443 g/mol. The van der Waals surface area contributed by atoms with Crippen molar-refractivity contribution in [3.63, 3.8) is 0 Å². The van der Waals surface area contributed by atoms with Crippen molar-refractivity contribution in [1.82, 2.24) is 20.0 Å². The monoisotopic (exact) mass is 442 g/mol. The second kappa shape index (κ2) is 9.68. The van der Waals surface area contributed by atoms with E-state index in [4.69, 9.17) is 20.8 Å². The number of aromatic nitrogens is 2. The molecular formula is C23H27ClN4O3. The fourth-order valence-electron chi connectivity index (χ4n) is 3.95. The number of aryl methyl sites for hydroxylation is 1. The lowest BCUT2D eigenvalue weighted by Crippen LogP contribution is -2.43. The molecule has 0 bridgehead atoms. The molecule has 8 heteroatoms. The molecule has 31 heavy (non-hydrogen) atoms. The summed E-state index contributed by atoms with van der Waals surface area (Å²) in [6.45, 7) is 7.33. The van der Waals surface area contributed by atoms with Crippen LogP contribution < -0.4 is 5.32 Å². The Hall–Kier alpha value is -2.61. The van der Waals surface area contributed by atoms with Crippen molar-refractivity contribution in [2.24, 2.45) is 0 Å². The van der Waals surface area contributed by atoms with E-state index in [-0.39, 0.29) is 11.9 Å². The number of nitrogens with zero attached hydrogens (tertiary/aromatic N) is 3. The predicted octanol–water partition coefficient (Wildman–Crippen LogP) is 3.79. The van der Waals surface area contributed by atoms with Gasteiger partial charge in [0.15, 0.2) is 0 Å². The maximum absolute atomic E-state index is 13.1. The zero-order valence-corrected chi connectivity index (χ0v) is 18.6. The van der Waals surface area contributed by atoms with Gasteiger partial charge in [0, 0.05) is 24.7 Å². The topological polar surface area (TPSA) is 72.5 Å². The summed E-state index contributed by atoms with van der Waals surface area (Å²) >= 11 is 6.14. The number of carbonyl (C=O) groups is 1. The van der Waals surface area contributed by atoms with Crippen LogP contribution in [0.3, 0.4) is 0 Å². The van der Waals surface area contributed by atoms with Gasteiger partial charge in [-0.2, -0.15) is 5.10 Å². The van der Waals surface area contributed by atoms with Gasteiger partial charge in [-0.3, -0.25) is 9.69 Å². The summed E-state index contributed by atoms with van der Waals surface area (Å²) in [5.41, 5.74) is 2.25. The summed E-state index contributed by atoms with van der Waals surface area (Å²) < 4.78 is 13.2. The Labute approximate surface area is 186 Å². The average Bonchev–Trinajstić information content (AvgIpc) is 3.41. The Morgan fingerprint density at radius 2 is 2.06 bits per heavy atom. The van der Waals surface area contributed by atoms with Gasteiger partial charge in [0.25, 0.3) is 5.91 Å². The third kappa shape index (κ3) is 4.84. The predicted molar refractivity (Wildman–Crippen MR) is 119 cm³/mol. The van der Waals surface area contributed by atoms with E-state index in [9.17, 15) is 4.79 Å². The SMILES string of the molecule is CCc1c(C(=O)NCC(c2ccc(C)o2)N2CCOCC2)cnn1-c1cccc(Cl)c1. The van der Waals surface area contributed by atoms with Gasteiger partial charge in [-0.25, -0.2) is 4.68 Å². The summed E-state index contributed by atoms with van der Waals surface area (Å²) in [5, 5.41) is 8.17. The van der Waals surface area contributed by atoms with E-state index in [0.717, 1.165) is 36.0 Å². The lowest BCUT2D eigenvalue weighted by molar-refractivity contribution is 0.0117. The van der Waals surface area contributed by atoms with Crippen molar-refractivity contribution < 1.29 is 13.9 Å². The molecule has 1 N–H and O–H groups in total. The molecule has 0 aliphatic carbocycles. The van der Waals surface area contributed by atoms with Crippen LogP contribution in [0.2, 0.25) is 5.02 Å². The molecule has 1 atom stereocenters. The summed E-state index contributed by atoms with van der Waals surface area (Å²) in [4.78, 5) is 15.4. The highest BCUT2D eigenvalue weighted by molar-refractivity contribution is 6.30. The van der Waals surface area contributed by atoms with Crippen molar-refractivity contribution >= 4 is 17.5 Å². The maximum Gasteiger partial charge on any atom is 0.254 e. The summed E-state index contributed by atoms with van der Waals surface area (Å²) in [5.74, 6) is 1.56. The second-order valence-corrected chi connectivity index (χ2v) is 8.01. The molecule has 3 aromatic rings. The van der Waals surface area contributed by atoms with E-state index in [2.05, 4.69) is 15.3 Å². The van der Waals surface area contributed by atoms with Crippen LogP contribution in [-0.4, -0.2) is 53.4 Å². The zero-order chi connectivity index (χ0) is 21.8. The highest BCUT2D eigenvalue weighted by atomic mass is 35.5. The highest BCUT2D eigenvalue weighted by Gasteiger charge is 2.26. The molecule has 0 spiro atoms. The van der Waals surface area contributed by atoms with Crippen molar-refractivity contribution in [3.05, 3.63) is 70.4 Å². The minimum atomic E-state index is -0.147. The van der Waals surface area contributed by atoms with Crippen LogP contribution in [0.25, 0.3) is 5.69 Å². The van der Waals surface area contributed by atoms with Crippen molar-refractivity contribution in [2.45, 2.75) is 26.3 Å². The summed E-state index contributed by atoms with van der Waals surface area (Å²) in [7, 11) is 0. The van der Waals surface area contributed by atoms with E-state index in [1.807, 2.05) is 50.2 Å². The van der Waals surface area contributed by atoms with E-state index < -0.39 is 0 Å². The molecule has 0 saturated carbocycles. The molecule has 164 valence electrons. The van der Waals surface area contributed by atoms with Crippen molar-refractivity contribution in [1.29, 1.82) is 0 Å². The number of furan rings is 1. The smallest absolute Gasteiger partial charge is 0.254 e. The van der Waals surface area contributed by atoms with Gasteiger partial charge in [-0.05, 0) is 43.7 Å². The van der Waals surface area contributed by atoms with Crippen LogP contribution in [0.1, 0.15) is 40.5 Å². The molecule has 7 nitrogen and oxygen atoms in total. The van der Waals surface area contributed by atoms with Gasteiger partial charge < -0.3 is 14.5 Å². The number of ether oxygens (including phenoxy) is 1. The zero-order valence-electron chi connectivity index (χ0n) is 17.8. The molecule has 1 aliphatic rings. The van der Waals surface area contributed by atoms with E-state index in [1.165, 1.54) is 0 Å². The quantitative estimate of drug-likeness (QED) is 0.602. The number of hydrogen-bond acceptors (Lipinski definition) is 5. The Kier molecular flexibility index (Phi) is 6.75. The normalized spacial score (nSPS) is 15.7. The first-order valence-electron chi connectivity index (χ1n) is 10.6. The Morgan fingerprint density at radius 1 is 1.26 bits per heavy atom. The van der Waals surface area contributed by atoms with Gasteiger partial charge in [-0.1, -0.05) is 24.6 Å². The summed E-state index contributed by atoms with van der Waals surface area (Å²) in [6.07, 6.45) is 2.29. The van der Waals surface area contributed by atoms with Crippen LogP contribution >= 0.6 is 11.6 Å². The number of morpholine rings is 1. The maximum atomic E-state index is 13.1. The van der Waals surface area contributed by atoms with Crippen LogP contribution in [0, 0.1) is 6.92 Å². The third-order valence-electron chi connectivity index (χ3n) is 5.53. The minimum Gasteiger partial charge on any atom is -0.465 e. The number of nitrogens with one attached hydrogen (secondary N) is 1. The van der Waals surface area contributed by atoms with Crippen LogP contribution in [0.5, 0.6) is 0 Å². The molecule has 1 saturated heterocycles. The molecule has 1 aliphatic heterocycles. The minimum absolute atomic E-state index is 0.0467. The first-order chi connectivity index (χ1) is 15.1. The largest absolute Gasteiger partial charge is 0.465 e. The van der Waals surface area contributed by atoms with Crippen LogP contribution in [-0.2, 0) is 11.2 Å². The van der Waals surface area contributed by atoms with Gasteiger partial charge in [-0.15, -0.1) is 0 Å². The molecule has 1 aromatic carbocycles. The first kappa shape index (κ1) is 21.6. The molecule has 2 aromatic heterocycles. The molecule has 1 amide bonds. The summed E-state index contributed by atoms with van der Waals surface area (Å²) in [6, 6.07) is 11.3. The van der Waals surface area contributed by atoms with Gasteiger partial charge in [0.05, 0.1) is 42.4 Å². The fourth-order valence-corrected chi connectivity index (χ4v) is 4.13. The van der Waals surface area contributed by atoms with Crippen molar-refractivity contribution in [2.75, 3.05) is 32.8 Å². The molecule has 3 heterocycles. The lowest BCUT2D eigenvalue weighted by Gasteiger charge is -2.33. The van der Waals surface area contributed by atoms with E-state index >= 15 is 0 Å². The third-order valence-corrected chi connectivity index (χ3v) is 5.77. The van der Waals surface area contributed by atoms with E-state index in [0.29, 0.717) is 36.8 Å². The van der Waals surface area contributed by atoms with Gasteiger partial charge in [0.1, 0.15) is 11.5 Å². The van der Waals surface area contributed by atoms with Gasteiger partial charge in [0.2, 0.25) is 0 Å². The first-order valence-corrected chi connectivity index (χ1v) is 10.9. The lowest BCUT2D eigenvalue weighted by atomic mass is 10.1. The standard InChI is InChI=1S/C23H27ClN4O3/c1-3-20-19(14-26-28(20)18-6-4-5-17(24)13-18)23(29)25-15-21(22-8-7-16(2)31-22)27-9-11-30-12-10-27/h4-8,13-14,21H,3,9-12,15H2,1-2H3,(H,25,29). The Morgan fingerprint density at radius 3 is 2.74 bits per heavy atom. The number of halogens is 1. The Balaban J connectivity index is 1.53. The molecular weight excluding hydrogens is 416 g/mol. The molecule has 4 rings (SSSR count). The fraction of sp³-hybridized carbons (Fsp3) is 0.391. The van der Waals surface area contributed by atoms with E-state index in [1.54, 1.807) is 10.9 Å². The Bertz CT molecular complexity index is 1040. The molecule has 1 fully saturated rings. The van der Waals surface area contributed by atoms with Crippen molar-refractivity contribution in [3.8, 4) is 5.69 Å². The van der Waals surface area contributed by atoms with Gasteiger partial charge >= 0.3 is 0 Å². The second-order valence-electron chi connectivity index (χ2n) is 7.57. The molecule has 1 unspecified atom stereocenters. The highest BCUT2D eigenvalue weighted by Crippen LogP contribution is 2.24.